The quantitative estimate of drug-likeness (QED) is 0.824. The fourth-order valence-corrected chi connectivity index (χ4v) is 4.51. The Kier molecular flexibility index (Phi) is 3.87. The van der Waals surface area contributed by atoms with Crippen LogP contribution in [-0.4, -0.2) is 58.9 Å². The maximum atomic E-state index is 12.7. The normalized spacial score (nSPS) is 32.1. The molecule has 0 aromatic carbocycles. The van der Waals surface area contributed by atoms with Crippen LogP contribution < -0.4 is 0 Å². The second kappa shape index (κ2) is 5.56. The van der Waals surface area contributed by atoms with E-state index in [0.29, 0.717) is 45.4 Å². The summed E-state index contributed by atoms with van der Waals surface area (Å²) >= 11 is 0. The van der Waals surface area contributed by atoms with Gasteiger partial charge >= 0.3 is 5.97 Å². The summed E-state index contributed by atoms with van der Waals surface area (Å²) in [5, 5.41) is 9.60. The lowest BCUT2D eigenvalue weighted by Gasteiger charge is -2.33. The lowest BCUT2D eigenvalue weighted by atomic mass is 9.81. The number of nitrogens with zero attached hydrogens (tertiary/aromatic N) is 2. The molecule has 0 bridgehead atoms. The molecule has 1 aliphatic carbocycles. The number of carboxylic acids is 1. The molecular formula is C16H24N2O4. The Morgan fingerprint density at radius 3 is 2.32 bits per heavy atom. The monoisotopic (exact) mass is 308 g/mol. The Hall–Kier alpha value is -1.59. The number of hydrogen-bond acceptors (Lipinski definition) is 3. The van der Waals surface area contributed by atoms with Crippen molar-refractivity contribution in [2.45, 2.75) is 39.0 Å². The van der Waals surface area contributed by atoms with Gasteiger partial charge in [0.25, 0.3) is 0 Å². The van der Waals surface area contributed by atoms with Crippen LogP contribution in [0.4, 0.5) is 0 Å². The summed E-state index contributed by atoms with van der Waals surface area (Å²) in [6.07, 6.45) is 3.95. The van der Waals surface area contributed by atoms with Gasteiger partial charge in [0.15, 0.2) is 0 Å². The topological polar surface area (TPSA) is 77.9 Å². The lowest BCUT2D eigenvalue weighted by Crippen LogP contribution is -2.44. The molecule has 3 aliphatic rings. The number of carboxylic acid groups (broad SMARTS) is 1. The Labute approximate surface area is 130 Å². The minimum Gasteiger partial charge on any atom is -0.481 e. The van der Waals surface area contributed by atoms with E-state index in [1.54, 1.807) is 16.7 Å². The van der Waals surface area contributed by atoms with E-state index in [-0.39, 0.29) is 23.7 Å². The minimum absolute atomic E-state index is 0.0553. The van der Waals surface area contributed by atoms with Gasteiger partial charge in [-0.05, 0) is 31.6 Å². The first-order chi connectivity index (χ1) is 10.4. The molecule has 22 heavy (non-hydrogen) atoms. The Balaban J connectivity index is 1.63. The summed E-state index contributed by atoms with van der Waals surface area (Å²) in [5.41, 5.74) is -0.699. The molecule has 2 atom stereocenters. The van der Waals surface area contributed by atoms with Gasteiger partial charge in [0.1, 0.15) is 0 Å². The summed E-state index contributed by atoms with van der Waals surface area (Å²) in [4.78, 5) is 39.3. The van der Waals surface area contributed by atoms with Crippen LogP contribution in [-0.2, 0) is 14.4 Å². The molecule has 122 valence electrons. The van der Waals surface area contributed by atoms with E-state index in [2.05, 4.69) is 0 Å². The summed E-state index contributed by atoms with van der Waals surface area (Å²) in [6, 6.07) is 0. The minimum atomic E-state index is -0.739. The number of likely N-dealkylation sites (tertiary alicyclic amines) is 2. The van der Waals surface area contributed by atoms with Crippen LogP contribution in [0.1, 0.15) is 39.0 Å². The van der Waals surface area contributed by atoms with E-state index in [1.807, 2.05) is 0 Å². The first kappa shape index (κ1) is 15.3. The first-order valence-corrected chi connectivity index (χ1v) is 8.22. The third-order valence-electron chi connectivity index (χ3n) is 5.90. The molecule has 2 saturated heterocycles. The fraction of sp³-hybridized carbons (Fsp3) is 0.812. The smallest absolute Gasteiger partial charge is 0.311 e. The number of amides is 2. The average Bonchev–Trinajstić information content (AvgIpc) is 3.04. The molecule has 6 nitrogen and oxygen atoms in total. The van der Waals surface area contributed by atoms with E-state index in [0.717, 1.165) is 12.8 Å². The number of aliphatic carboxylic acids is 1. The third kappa shape index (κ3) is 2.38. The molecule has 1 N–H and O–H groups in total. The highest BCUT2D eigenvalue weighted by Gasteiger charge is 2.56. The van der Waals surface area contributed by atoms with Crippen LogP contribution in [0.15, 0.2) is 0 Å². The van der Waals surface area contributed by atoms with Gasteiger partial charge in [-0.25, -0.2) is 0 Å². The molecule has 1 saturated carbocycles. The number of rotatable bonds is 2. The zero-order chi connectivity index (χ0) is 15.9. The molecule has 0 unspecified atom stereocenters. The Bertz CT molecular complexity index is 498. The molecule has 2 heterocycles. The fourth-order valence-electron chi connectivity index (χ4n) is 4.51. The van der Waals surface area contributed by atoms with Crippen molar-refractivity contribution in [2.75, 3.05) is 26.2 Å². The summed E-state index contributed by atoms with van der Waals surface area (Å²) in [5.74, 6) is -0.520. The van der Waals surface area contributed by atoms with Crippen molar-refractivity contribution in [1.29, 1.82) is 0 Å². The second-order valence-electron chi connectivity index (χ2n) is 7.05. The van der Waals surface area contributed by atoms with Crippen molar-refractivity contribution in [3.63, 3.8) is 0 Å². The van der Waals surface area contributed by atoms with E-state index in [9.17, 15) is 19.5 Å². The molecule has 3 rings (SSSR count). The number of carbonyl (C=O) groups is 3. The van der Waals surface area contributed by atoms with Gasteiger partial charge in [0.05, 0.1) is 5.41 Å². The van der Waals surface area contributed by atoms with Crippen molar-refractivity contribution in [2.24, 2.45) is 17.3 Å². The Morgan fingerprint density at radius 1 is 1.09 bits per heavy atom. The van der Waals surface area contributed by atoms with Crippen LogP contribution in [0.2, 0.25) is 0 Å². The zero-order valence-electron chi connectivity index (χ0n) is 13.1. The van der Waals surface area contributed by atoms with Crippen LogP contribution in [0.3, 0.4) is 0 Å². The van der Waals surface area contributed by atoms with Crippen molar-refractivity contribution in [3.05, 3.63) is 0 Å². The van der Waals surface area contributed by atoms with Crippen molar-refractivity contribution < 1.29 is 19.5 Å². The average molecular weight is 308 g/mol. The third-order valence-corrected chi connectivity index (χ3v) is 5.90. The zero-order valence-corrected chi connectivity index (χ0v) is 13.1. The molecule has 0 aromatic rings. The van der Waals surface area contributed by atoms with Gasteiger partial charge in [-0.1, -0.05) is 6.42 Å². The molecule has 0 spiro atoms. The standard InChI is InChI=1S/C16H24N2O4/c1-11(19)17-7-4-12(5-8-17)14(20)18-9-13-3-2-6-16(13,10-18)15(21)22/h12-13H,2-10H2,1H3,(H,21,22)/t13-,16+/m0/s1. The van der Waals surface area contributed by atoms with Gasteiger partial charge in [-0.15, -0.1) is 0 Å². The van der Waals surface area contributed by atoms with E-state index in [1.165, 1.54) is 0 Å². The van der Waals surface area contributed by atoms with Crippen LogP contribution in [0.5, 0.6) is 0 Å². The van der Waals surface area contributed by atoms with Gasteiger partial charge in [0, 0.05) is 39.0 Å². The number of piperidine rings is 1. The van der Waals surface area contributed by atoms with Crippen molar-refractivity contribution in [1.82, 2.24) is 9.80 Å². The van der Waals surface area contributed by atoms with E-state index >= 15 is 0 Å². The molecular weight excluding hydrogens is 284 g/mol. The maximum Gasteiger partial charge on any atom is 0.311 e. The van der Waals surface area contributed by atoms with Gasteiger partial charge < -0.3 is 14.9 Å². The van der Waals surface area contributed by atoms with Crippen LogP contribution in [0, 0.1) is 17.3 Å². The summed E-state index contributed by atoms with van der Waals surface area (Å²) in [7, 11) is 0. The van der Waals surface area contributed by atoms with Crippen molar-refractivity contribution in [3.8, 4) is 0 Å². The molecule has 0 aromatic heterocycles. The number of hydrogen-bond donors (Lipinski definition) is 1. The highest BCUT2D eigenvalue weighted by atomic mass is 16.4. The highest BCUT2D eigenvalue weighted by Crippen LogP contribution is 2.49. The van der Waals surface area contributed by atoms with Crippen LogP contribution >= 0.6 is 0 Å². The number of fused-ring (bicyclic) bond motifs is 1. The first-order valence-electron chi connectivity index (χ1n) is 8.22. The summed E-state index contributed by atoms with van der Waals surface area (Å²) in [6.45, 7) is 3.79. The van der Waals surface area contributed by atoms with Gasteiger partial charge in [-0.2, -0.15) is 0 Å². The van der Waals surface area contributed by atoms with Crippen molar-refractivity contribution >= 4 is 17.8 Å². The molecule has 2 aliphatic heterocycles. The lowest BCUT2D eigenvalue weighted by molar-refractivity contribution is -0.150. The van der Waals surface area contributed by atoms with Gasteiger partial charge in [-0.3, -0.25) is 14.4 Å². The largest absolute Gasteiger partial charge is 0.481 e. The molecule has 0 radical (unpaired) electrons. The molecule has 2 amide bonds. The van der Waals surface area contributed by atoms with Gasteiger partial charge in [0.2, 0.25) is 11.8 Å². The maximum absolute atomic E-state index is 12.7. The van der Waals surface area contributed by atoms with E-state index in [4.69, 9.17) is 0 Å². The SMILES string of the molecule is CC(=O)N1CCC(C(=O)N2C[C@@H]3CCC[C@@]3(C(=O)O)C2)CC1. The second-order valence-corrected chi connectivity index (χ2v) is 7.05. The Morgan fingerprint density at radius 2 is 1.77 bits per heavy atom. The molecule has 3 fully saturated rings. The highest BCUT2D eigenvalue weighted by molar-refractivity contribution is 5.83. The number of carbonyl (C=O) groups excluding carboxylic acids is 2. The van der Waals surface area contributed by atoms with Crippen LogP contribution in [0.25, 0.3) is 0 Å². The van der Waals surface area contributed by atoms with E-state index < -0.39 is 11.4 Å². The molecule has 6 heteroatoms. The predicted octanol–water partition coefficient (Wildman–Crippen LogP) is 0.958. The summed E-state index contributed by atoms with van der Waals surface area (Å²) < 4.78 is 0. The predicted molar refractivity (Wildman–Crippen MR) is 79.0 cm³/mol.